The first-order valence-corrected chi connectivity index (χ1v) is 4.50. The molecule has 0 heterocycles. The molecule has 1 aromatic rings. The van der Waals surface area contributed by atoms with Crippen LogP contribution in [-0.2, 0) is 0 Å². The van der Waals surface area contributed by atoms with Crippen molar-refractivity contribution >= 4 is 23.0 Å². The maximum absolute atomic E-state index is 10.6. The highest BCUT2D eigenvalue weighted by molar-refractivity contribution is 6.30. The largest absolute Gasteiger partial charge is 0.374 e. The van der Waals surface area contributed by atoms with E-state index in [4.69, 9.17) is 11.6 Å². The van der Waals surface area contributed by atoms with E-state index in [1.54, 1.807) is 12.1 Å². The Morgan fingerprint density at radius 1 is 1.57 bits per heavy atom. The quantitative estimate of drug-likeness (QED) is 0.580. The Morgan fingerprint density at radius 3 is 2.86 bits per heavy atom. The molecule has 0 saturated carbocycles. The van der Waals surface area contributed by atoms with Crippen molar-refractivity contribution in [1.29, 1.82) is 0 Å². The molecule has 14 heavy (non-hydrogen) atoms. The molecule has 0 unspecified atom stereocenters. The first-order chi connectivity index (χ1) is 6.65. The summed E-state index contributed by atoms with van der Waals surface area (Å²) in [5.41, 5.74) is 4.10. The SMILES string of the molecule is [NH3+]CCNc1ccc(Cl)cc1[N+](=O)[O-]. The smallest absolute Gasteiger partial charge is 0.293 e. The number of rotatable bonds is 4. The van der Waals surface area contributed by atoms with Crippen LogP contribution < -0.4 is 11.1 Å². The van der Waals surface area contributed by atoms with Gasteiger partial charge in [0, 0.05) is 11.1 Å². The van der Waals surface area contributed by atoms with Crippen molar-refractivity contribution in [3.8, 4) is 0 Å². The van der Waals surface area contributed by atoms with Gasteiger partial charge in [-0.1, -0.05) is 11.6 Å². The Hall–Kier alpha value is -1.33. The lowest BCUT2D eigenvalue weighted by Gasteiger charge is -2.04. The number of hydrogen-bond acceptors (Lipinski definition) is 3. The van der Waals surface area contributed by atoms with Gasteiger partial charge in [-0.25, -0.2) is 0 Å². The Kier molecular flexibility index (Phi) is 3.67. The van der Waals surface area contributed by atoms with Gasteiger partial charge in [-0.05, 0) is 12.1 Å². The van der Waals surface area contributed by atoms with Crippen molar-refractivity contribution in [2.45, 2.75) is 0 Å². The van der Waals surface area contributed by atoms with Crippen molar-refractivity contribution in [3.05, 3.63) is 33.3 Å². The fraction of sp³-hybridized carbons (Fsp3) is 0.250. The number of nitro benzene ring substituents is 1. The molecule has 6 heteroatoms. The molecule has 0 aliphatic carbocycles. The van der Waals surface area contributed by atoms with Crippen LogP contribution in [0.15, 0.2) is 18.2 Å². The van der Waals surface area contributed by atoms with Crippen LogP contribution in [-0.4, -0.2) is 18.0 Å². The van der Waals surface area contributed by atoms with E-state index in [1.165, 1.54) is 6.07 Å². The first-order valence-electron chi connectivity index (χ1n) is 4.12. The van der Waals surface area contributed by atoms with Gasteiger partial charge in [0.15, 0.2) is 0 Å². The summed E-state index contributed by atoms with van der Waals surface area (Å²) in [7, 11) is 0. The van der Waals surface area contributed by atoms with E-state index in [9.17, 15) is 10.1 Å². The normalized spacial score (nSPS) is 9.86. The number of nitrogens with zero attached hydrogens (tertiary/aromatic N) is 1. The van der Waals surface area contributed by atoms with E-state index in [1.807, 2.05) is 0 Å². The second kappa shape index (κ2) is 4.78. The summed E-state index contributed by atoms with van der Waals surface area (Å²) in [6.07, 6.45) is 0. The molecule has 1 rings (SSSR count). The molecule has 0 atom stereocenters. The zero-order chi connectivity index (χ0) is 10.6. The number of quaternary nitrogens is 1. The molecule has 0 saturated heterocycles. The van der Waals surface area contributed by atoms with Crippen LogP contribution in [0.2, 0.25) is 5.02 Å². The minimum Gasteiger partial charge on any atom is -0.374 e. The van der Waals surface area contributed by atoms with Crippen LogP contribution in [0, 0.1) is 10.1 Å². The lowest BCUT2D eigenvalue weighted by Crippen LogP contribution is -2.53. The van der Waals surface area contributed by atoms with Crippen molar-refractivity contribution in [3.63, 3.8) is 0 Å². The Labute approximate surface area is 86.0 Å². The average molecular weight is 217 g/mol. The third-order valence-electron chi connectivity index (χ3n) is 1.65. The van der Waals surface area contributed by atoms with E-state index >= 15 is 0 Å². The van der Waals surface area contributed by atoms with Gasteiger partial charge in [-0.2, -0.15) is 0 Å². The van der Waals surface area contributed by atoms with Crippen LogP contribution in [0.4, 0.5) is 11.4 Å². The fourth-order valence-electron chi connectivity index (χ4n) is 1.03. The first kappa shape index (κ1) is 10.7. The molecule has 0 radical (unpaired) electrons. The van der Waals surface area contributed by atoms with Crippen LogP contribution in [0.25, 0.3) is 0 Å². The topological polar surface area (TPSA) is 82.8 Å². The number of nitro groups is 1. The van der Waals surface area contributed by atoms with E-state index in [0.29, 0.717) is 23.8 Å². The van der Waals surface area contributed by atoms with Crippen molar-refractivity contribution < 1.29 is 10.7 Å². The summed E-state index contributed by atoms with van der Waals surface area (Å²) in [5.74, 6) is 0. The van der Waals surface area contributed by atoms with Gasteiger partial charge in [-0.3, -0.25) is 10.1 Å². The standard InChI is InChI=1S/C8H10ClN3O2/c9-6-1-2-7(11-4-3-10)8(5-6)12(13)14/h1-2,5,11H,3-4,10H2/p+1. The molecular formula is C8H11ClN3O2+. The van der Waals surface area contributed by atoms with E-state index in [2.05, 4.69) is 11.1 Å². The predicted molar refractivity (Wildman–Crippen MR) is 54.4 cm³/mol. The Morgan fingerprint density at radius 2 is 2.29 bits per heavy atom. The van der Waals surface area contributed by atoms with Gasteiger partial charge in [-0.15, -0.1) is 0 Å². The maximum atomic E-state index is 10.6. The molecule has 1 aromatic carbocycles. The molecule has 0 fully saturated rings. The molecule has 0 aromatic heterocycles. The number of anilines is 1. The number of halogens is 1. The predicted octanol–water partition coefficient (Wildman–Crippen LogP) is 0.902. The zero-order valence-corrected chi connectivity index (χ0v) is 8.25. The third kappa shape index (κ3) is 2.58. The second-order valence-electron chi connectivity index (χ2n) is 2.70. The molecule has 0 aliphatic heterocycles. The average Bonchev–Trinajstić information content (AvgIpc) is 2.15. The molecule has 0 aliphatic rings. The van der Waals surface area contributed by atoms with Gasteiger partial charge in [0.1, 0.15) is 5.69 Å². The minimum absolute atomic E-state index is 0.00838. The van der Waals surface area contributed by atoms with E-state index in [0.717, 1.165) is 0 Å². The monoisotopic (exact) mass is 216 g/mol. The molecule has 76 valence electrons. The summed E-state index contributed by atoms with van der Waals surface area (Å²) < 4.78 is 0. The van der Waals surface area contributed by atoms with Gasteiger partial charge >= 0.3 is 0 Å². The zero-order valence-electron chi connectivity index (χ0n) is 7.50. The number of benzene rings is 1. The second-order valence-corrected chi connectivity index (χ2v) is 3.14. The summed E-state index contributed by atoms with van der Waals surface area (Å²) in [5, 5.41) is 13.9. The summed E-state index contributed by atoms with van der Waals surface area (Å²) >= 11 is 5.65. The van der Waals surface area contributed by atoms with Crippen molar-refractivity contribution in [2.75, 3.05) is 18.4 Å². The van der Waals surface area contributed by atoms with Crippen molar-refractivity contribution in [2.24, 2.45) is 0 Å². The molecule has 5 nitrogen and oxygen atoms in total. The van der Waals surface area contributed by atoms with Gasteiger partial charge in [0.25, 0.3) is 5.69 Å². The lowest BCUT2D eigenvalue weighted by molar-refractivity contribution is -0.384. The Balaban J connectivity index is 2.96. The van der Waals surface area contributed by atoms with Gasteiger partial charge in [0.2, 0.25) is 0 Å². The van der Waals surface area contributed by atoms with Crippen LogP contribution in [0.5, 0.6) is 0 Å². The van der Waals surface area contributed by atoms with Gasteiger partial charge in [0.05, 0.1) is 18.0 Å². The summed E-state index contributed by atoms with van der Waals surface area (Å²) in [4.78, 5) is 10.2. The van der Waals surface area contributed by atoms with Gasteiger partial charge < -0.3 is 11.1 Å². The molecule has 0 bridgehead atoms. The minimum atomic E-state index is -0.461. The molecule has 4 N–H and O–H groups in total. The maximum Gasteiger partial charge on any atom is 0.293 e. The third-order valence-corrected chi connectivity index (χ3v) is 1.88. The lowest BCUT2D eigenvalue weighted by atomic mass is 10.2. The van der Waals surface area contributed by atoms with E-state index in [-0.39, 0.29) is 5.69 Å². The van der Waals surface area contributed by atoms with Crippen LogP contribution in [0.1, 0.15) is 0 Å². The summed E-state index contributed by atoms with van der Waals surface area (Å²) in [6.45, 7) is 1.27. The van der Waals surface area contributed by atoms with Crippen LogP contribution >= 0.6 is 11.6 Å². The fourth-order valence-corrected chi connectivity index (χ4v) is 1.19. The number of nitrogens with one attached hydrogen (secondary N) is 1. The molecule has 0 amide bonds. The molecule has 0 spiro atoms. The highest BCUT2D eigenvalue weighted by atomic mass is 35.5. The summed E-state index contributed by atoms with van der Waals surface area (Å²) in [6, 6.07) is 4.53. The Bertz CT molecular complexity index is 343. The van der Waals surface area contributed by atoms with E-state index < -0.39 is 4.92 Å². The number of hydrogen-bond donors (Lipinski definition) is 2. The highest BCUT2D eigenvalue weighted by Crippen LogP contribution is 2.27. The molecular weight excluding hydrogens is 206 g/mol. The van der Waals surface area contributed by atoms with Crippen LogP contribution in [0.3, 0.4) is 0 Å². The van der Waals surface area contributed by atoms with Crippen molar-refractivity contribution in [1.82, 2.24) is 0 Å². The highest BCUT2D eigenvalue weighted by Gasteiger charge is 2.13.